The zero-order chi connectivity index (χ0) is 11.1. The van der Waals surface area contributed by atoms with E-state index in [4.69, 9.17) is 4.74 Å². The molecule has 3 heteroatoms. The van der Waals surface area contributed by atoms with Crippen molar-refractivity contribution in [3.8, 4) is 0 Å². The summed E-state index contributed by atoms with van der Waals surface area (Å²) < 4.78 is 4.93. The molecular formula is C12H14O3. The minimum absolute atomic E-state index is 0.00769. The SMILES string of the molecule is COC1=CC(=O)[C@]2(C)CC=CC[C@H]2C1=O. The maximum Gasteiger partial charge on any atom is 0.201 e. The van der Waals surface area contributed by atoms with Gasteiger partial charge in [-0.2, -0.15) is 0 Å². The number of fused-ring (bicyclic) bond motifs is 1. The summed E-state index contributed by atoms with van der Waals surface area (Å²) >= 11 is 0. The molecule has 0 bridgehead atoms. The van der Waals surface area contributed by atoms with Crippen molar-refractivity contribution in [3.63, 3.8) is 0 Å². The fraction of sp³-hybridized carbons (Fsp3) is 0.500. The predicted molar refractivity (Wildman–Crippen MR) is 55.1 cm³/mol. The third-order valence-electron chi connectivity index (χ3n) is 3.45. The van der Waals surface area contributed by atoms with Crippen molar-refractivity contribution in [1.82, 2.24) is 0 Å². The lowest BCUT2D eigenvalue weighted by Crippen LogP contribution is -2.44. The van der Waals surface area contributed by atoms with E-state index in [1.807, 2.05) is 19.1 Å². The van der Waals surface area contributed by atoms with Crippen molar-refractivity contribution in [1.29, 1.82) is 0 Å². The molecule has 0 radical (unpaired) electrons. The molecule has 0 aromatic heterocycles. The summed E-state index contributed by atoms with van der Waals surface area (Å²) in [7, 11) is 1.43. The highest BCUT2D eigenvalue weighted by Crippen LogP contribution is 2.43. The first-order valence-electron chi connectivity index (χ1n) is 5.09. The van der Waals surface area contributed by atoms with E-state index in [0.717, 1.165) is 0 Å². The average molecular weight is 206 g/mol. The van der Waals surface area contributed by atoms with Crippen LogP contribution in [0.4, 0.5) is 0 Å². The number of methoxy groups -OCH3 is 1. The second kappa shape index (κ2) is 3.33. The Kier molecular flexibility index (Phi) is 2.25. The van der Waals surface area contributed by atoms with Gasteiger partial charge in [-0.05, 0) is 12.8 Å². The van der Waals surface area contributed by atoms with Gasteiger partial charge in [0.25, 0.3) is 0 Å². The van der Waals surface area contributed by atoms with Crippen molar-refractivity contribution >= 4 is 11.6 Å². The van der Waals surface area contributed by atoms with Gasteiger partial charge in [-0.1, -0.05) is 19.1 Å². The second-order valence-corrected chi connectivity index (χ2v) is 4.32. The molecule has 3 nitrogen and oxygen atoms in total. The summed E-state index contributed by atoms with van der Waals surface area (Å²) in [6, 6.07) is 0. The molecule has 0 N–H and O–H groups in total. The number of ether oxygens (including phenoxy) is 1. The lowest BCUT2D eigenvalue weighted by molar-refractivity contribution is -0.138. The Morgan fingerprint density at radius 1 is 1.40 bits per heavy atom. The van der Waals surface area contributed by atoms with Crippen molar-refractivity contribution in [2.24, 2.45) is 11.3 Å². The molecular weight excluding hydrogens is 192 g/mol. The molecule has 0 aromatic carbocycles. The molecule has 80 valence electrons. The van der Waals surface area contributed by atoms with E-state index in [9.17, 15) is 9.59 Å². The first-order chi connectivity index (χ1) is 7.09. The number of carbonyl (C=O) groups is 2. The first-order valence-corrected chi connectivity index (χ1v) is 5.09. The van der Waals surface area contributed by atoms with Gasteiger partial charge in [-0.3, -0.25) is 9.59 Å². The Morgan fingerprint density at radius 3 is 2.80 bits per heavy atom. The molecule has 0 aromatic rings. The van der Waals surface area contributed by atoms with Crippen molar-refractivity contribution in [2.75, 3.05) is 7.11 Å². The third kappa shape index (κ3) is 1.34. The topological polar surface area (TPSA) is 43.4 Å². The van der Waals surface area contributed by atoms with Crippen LogP contribution < -0.4 is 0 Å². The van der Waals surface area contributed by atoms with Crippen molar-refractivity contribution < 1.29 is 14.3 Å². The van der Waals surface area contributed by atoms with Crippen LogP contribution in [0.1, 0.15) is 19.8 Å². The molecule has 2 aliphatic carbocycles. The van der Waals surface area contributed by atoms with Gasteiger partial charge in [0.2, 0.25) is 5.78 Å². The van der Waals surface area contributed by atoms with Crippen LogP contribution in [0.3, 0.4) is 0 Å². The molecule has 15 heavy (non-hydrogen) atoms. The van der Waals surface area contributed by atoms with Crippen molar-refractivity contribution in [3.05, 3.63) is 24.0 Å². The van der Waals surface area contributed by atoms with E-state index in [0.29, 0.717) is 12.8 Å². The summed E-state index contributed by atoms with van der Waals surface area (Å²) in [5.74, 6) is -0.0648. The largest absolute Gasteiger partial charge is 0.493 e. The van der Waals surface area contributed by atoms with E-state index in [1.165, 1.54) is 13.2 Å². The number of rotatable bonds is 1. The van der Waals surface area contributed by atoms with Crippen molar-refractivity contribution in [2.45, 2.75) is 19.8 Å². The third-order valence-corrected chi connectivity index (χ3v) is 3.45. The Morgan fingerprint density at radius 2 is 2.13 bits per heavy atom. The average Bonchev–Trinajstić information content (AvgIpc) is 2.24. The van der Waals surface area contributed by atoms with E-state index >= 15 is 0 Å². The minimum atomic E-state index is -0.548. The summed E-state index contributed by atoms with van der Waals surface area (Å²) in [5.41, 5.74) is -0.548. The fourth-order valence-corrected chi connectivity index (χ4v) is 2.32. The van der Waals surface area contributed by atoms with Gasteiger partial charge in [-0.15, -0.1) is 0 Å². The minimum Gasteiger partial charge on any atom is -0.493 e. The highest BCUT2D eigenvalue weighted by molar-refractivity contribution is 6.11. The summed E-state index contributed by atoms with van der Waals surface area (Å²) in [5, 5.41) is 0. The lowest BCUT2D eigenvalue weighted by Gasteiger charge is -2.38. The number of hydrogen-bond acceptors (Lipinski definition) is 3. The summed E-state index contributed by atoms with van der Waals surface area (Å²) in [4.78, 5) is 23.9. The Bertz CT molecular complexity index is 378. The van der Waals surface area contributed by atoms with Crippen LogP contribution in [-0.4, -0.2) is 18.7 Å². The zero-order valence-electron chi connectivity index (χ0n) is 8.95. The van der Waals surface area contributed by atoms with E-state index in [1.54, 1.807) is 0 Å². The van der Waals surface area contributed by atoms with E-state index < -0.39 is 5.41 Å². The Hall–Kier alpha value is -1.38. The van der Waals surface area contributed by atoms with Gasteiger partial charge in [0, 0.05) is 17.4 Å². The summed E-state index contributed by atoms with van der Waals surface area (Å²) in [6.07, 6.45) is 6.58. The van der Waals surface area contributed by atoms with Crippen LogP contribution in [0, 0.1) is 11.3 Å². The molecule has 2 atom stereocenters. The molecule has 2 aliphatic rings. The van der Waals surface area contributed by atoms with Crippen LogP contribution in [0.15, 0.2) is 24.0 Å². The molecule has 0 fully saturated rings. The normalized spacial score (nSPS) is 34.8. The maximum atomic E-state index is 12.0. The highest BCUT2D eigenvalue weighted by Gasteiger charge is 2.48. The molecule has 0 saturated heterocycles. The van der Waals surface area contributed by atoms with Gasteiger partial charge < -0.3 is 4.74 Å². The van der Waals surface area contributed by atoms with Gasteiger partial charge in [-0.25, -0.2) is 0 Å². The van der Waals surface area contributed by atoms with Gasteiger partial charge in [0.15, 0.2) is 11.5 Å². The molecule has 2 rings (SSSR count). The molecule has 0 unspecified atom stereocenters. The standard InChI is InChI=1S/C12H14O3/c1-12-6-4-3-5-8(12)11(14)9(15-2)7-10(12)13/h3-4,7-8H,5-6H2,1-2H3/t8-,12+/m0/s1. The number of hydrogen-bond donors (Lipinski definition) is 0. The monoisotopic (exact) mass is 206 g/mol. The van der Waals surface area contributed by atoms with Crippen LogP contribution in [-0.2, 0) is 14.3 Å². The van der Waals surface area contributed by atoms with Gasteiger partial charge in [0.05, 0.1) is 7.11 Å². The summed E-state index contributed by atoms with van der Waals surface area (Å²) in [6.45, 7) is 1.87. The zero-order valence-corrected chi connectivity index (χ0v) is 8.95. The Balaban J connectivity index is 2.46. The number of allylic oxidation sites excluding steroid dienone is 4. The number of carbonyl (C=O) groups excluding carboxylic acids is 2. The smallest absolute Gasteiger partial charge is 0.201 e. The predicted octanol–water partition coefficient (Wildman–Crippen LogP) is 1.64. The van der Waals surface area contributed by atoms with Crippen LogP contribution in [0.25, 0.3) is 0 Å². The Labute approximate surface area is 88.8 Å². The molecule has 0 saturated carbocycles. The maximum absolute atomic E-state index is 12.0. The molecule has 0 aliphatic heterocycles. The van der Waals surface area contributed by atoms with Crippen LogP contribution >= 0.6 is 0 Å². The first kappa shape index (κ1) is 10.1. The lowest BCUT2D eigenvalue weighted by atomic mass is 9.63. The van der Waals surface area contributed by atoms with E-state index in [2.05, 4.69) is 0 Å². The number of ketones is 2. The highest BCUT2D eigenvalue weighted by atomic mass is 16.5. The molecule has 0 heterocycles. The quantitative estimate of drug-likeness (QED) is 0.612. The van der Waals surface area contributed by atoms with Crippen LogP contribution in [0.5, 0.6) is 0 Å². The fourth-order valence-electron chi connectivity index (χ4n) is 2.32. The number of Topliss-reactive ketones (excluding diaryl/α,β-unsaturated/α-hetero) is 1. The van der Waals surface area contributed by atoms with Gasteiger partial charge in [0.1, 0.15) is 0 Å². The van der Waals surface area contributed by atoms with Crippen LogP contribution in [0.2, 0.25) is 0 Å². The van der Waals surface area contributed by atoms with E-state index in [-0.39, 0.29) is 23.2 Å². The second-order valence-electron chi connectivity index (χ2n) is 4.32. The molecule has 0 amide bonds. The molecule has 0 spiro atoms. The van der Waals surface area contributed by atoms with Gasteiger partial charge >= 0.3 is 0 Å².